The summed E-state index contributed by atoms with van der Waals surface area (Å²) in [7, 11) is 0. The molecule has 0 aromatic heterocycles. The average Bonchev–Trinajstić information content (AvgIpc) is 2.76. The highest BCUT2D eigenvalue weighted by Crippen LogP contribution is 2.55. The van der Waals surface area contributed by atoms with Crippen LogP contribution in [0.15, 0.2) is 59.1 Å². The molecule has 0 spiro atoms. The number of allylic oxidation sites excluding steroid dienone is 4. The molecular weight excluding hydrogens is 531 g/mol. The van der Waals surface area contributed by atoms with Crippen molar-refractivity contribution >= 4 is 46.4 Å². The molecule has 3 aliphatic rings. The van der Waals surface area contributed by atoms with E-state index in [1.54, 1.807) is 24.3 Å². The zero-order valence-corrected chi connectivity index (χ0v) is 23.6. The summed E-state index contributed by atoms with van der Waals surface area (Å²) in [5.74, 6) is 0.968. The number of benzene rings is 2. The van der Waals surface area contributed by atoms with Crippen molar-refractivity contribution in [2.24, 2.45) is 10.8 Å². The van der Waals surface area contributed by atoms with Gasteiger partial charge in [0.1, 0.15) is 23.9 Å². The molecule has 0 fully saturated rings. The molecule has 37 heavy (non-hydrogen) atoms. The molecule has 0 radical (unpaired) electrons. The van der Waals surface area contributed by atoms with Gasteiger partial charge in [0, 0.05) is 52.4 Å². The molecule has 0 atom stereocenters. The van der Waals surface area contributed by atoms with Crippen LogP contribution in [0.1, 0.15) is 70.4 Å². The zero-order chi connectivity index (χ0) is 26.7. The summed E-state index contributed by atoms with van der Waals surface area (Å²) in [6.45, 7) is 8.47. The number of ether oxygens (including phenoxy) is 2. The summed E-state index contributed by atoms with van der Waals surface area (Å²) in [6.07, 6.45) is 1.93. The minimum absolute atomic E-state index is 0.0276. The van der Waals surface area contributed by atoms with E-state index in [-0.39, 0.29) is 29.0 Å². The van der Waals surface area contributed by atoms with Crippen molar-refractivity contribution in [1.29, 1.82) is 0 Å². The highest BCUT2D eigenvalue weighted by atomic mass is 35.5. The average molecular weight is 560 g/mol. The summed E-state index contributed by atoms with van der Waals surface area (Å²) in [6, 6.07) is 10.7. The van der Waals surface area contributed by atoms with Gasteiger partial charge >= 0.3 is 0 Å². The van der Waals surface area contributed by atoms with E-state index >= 15 is 0 Å². The van der Waals surface area contributed by atoms with Crippen LogP contribution in [0.3, 0.4) is 0 Å². The lowest BCUT2D eigenvalue weighted by Gasteiger charge is -2.43. The molecule has 2 aromatic rings. The fourth-order valence-electron chi connectivity index (χ4n) is 5.67. The standard InChI is InChI=1S/C30H29Cl3O4/c1-29(2)11-21(34)26-23(13-29)37-24-14-30(3,4)12-22(35)27(24)25(26)19-9-18(32)10-20(33)28(19)36-15-16-5-7-17(31)8-6-16/h5-10,25H,11-15H2,1-4H3. The maximum absolute atomic E-state index is 13.6. The molecular formula is C30H29Cl3O4. The van der Waals surface area contributed by atoms with E-state index in [1.165, 1.54) is 0 Å². The largest absolute Gasteiger partial charge is 0.487 e. The van der Waals surface area contributed by atoms with Crippen molar-refractivity contribution in [3.8, 4) is 5.75 Å². The molecule has 2 aliphatic carbocycles. The first-order valence-corrected chi connectivity index (χ1v) is 13.5. The van der Waals surface area contributed by atoms with E-state index in [1.807, 2.05) is 12.1 Å². The van der Waals surface area contributed by atoms with Gasteiger partial charge in [-0.15, -0.1) is 0 Å². The zero-order valence-electron chi connectivity index (χ0n) is 21.3. The Morgan fingerprint density at radius 2 is 1.35 bits per heavy atom. The maximum Gasteiger partial charge on any atom is 0.163 e. The van der Waals surface area contributed by atoms with Crippen LogP contribution in [0.5, 0.6) is 5.75 Å². The van der Waals surface area contributed by atoms with Crippen LogP contribution >= 0.6 is 34.8 Å². The van der Waals surface area contributed by atoms with Gasteiger partial charge in [0.25, 0.3) is 0 Å². The van der Waals surface area contributed by atoms with Crippen LogP contribution in [0, 0.1) is 10.8 Å². The van der Waals surface area contributed by atoms with Crippen LogP contribution < -0.4 is 4.74 Å². The Morgan fingerprint density at radius 3 is 1.89 bits per heavy atom. The smallest absolute Gasteiger partial charge is 0.163 e. The van der Waals surface area contributed by atoms with Crippen molar-refractivity contribution < 1.29 is 19.1 Å². The van der Waals surface area contributed by atoms with Crippen molar-refractivity contribution in [1.82, 2.24) is 0 Å². The van der Waals surface area contributed by atoms with Gasteiger partial charge in [-0.05, 0) is 40.7 Å². The highest BCUT2D eigenvalue weighted by molar-refractivity contribution is 6.35. The Morgan fingerprint density at radius 1 is 0.811 bits per heavy atom. The number of hydrogen-bond donors (Lipinski definition) is 0. The van der Waals surface area contributed by atoms with E-state index < -0.39 is 5.92 Å². The molecule has 5 rings (SSSR count). The second-order valence-electron chi connectivity index (χ2n) is 11.8. The summed E-state index contributed by atoms with van der Waals surface area (Å²) >= 11 is 19.2. The predicted octanol–water partition coefficient (Wildman–Crippen LogP) is 8.63. The van der Waals surface area contributed by atoms with E-state index in [0.717, 1.165) is 5.56 Å². The third kappa shape index (κ3) is 5.21. The van der Waals surface area contributed by atoms with Crippen LogP contribution in [0.2, 0.25) is 15.1 Å². The van der Waals surface area contributed by atoms with Gasteiger partial charge < -0.3 is 9.47 Å². The van der Waals surface area contributed by atoms with Crippen molar-refractivity contribution in [3.63, 3.8) is 0 Å². The topological polar surface area (TPSA) is 52.6 Å². The van der Waals surface area contributed by atoms with Gasteiger partial charge in [-0.3, -0.25) is 9.59 Å². The first-order valence-electron chi connectivity index (χ1n) is 12.4. The molecule has 0 saturated carbocycles. The molecule has 1 heterocycles. The summed E-state index contributed by atoms with van der Waals surface area (Å²) in [4.78, 5) is 27.3. The Labute approximate surface area is 232 Å². The monoisotopic (exact) mass is 558 g/mol. The first kappa shape index (κ1) is 26.3. The molecule has 4 nitrogen and oxygen atoms in total. The molecule has 0 saturated heterocycles. The number of ketones is 2. The van der Waals surface area contributed by atoms with Crippen molar-refractivity contribution in [2.75, 3.05) is 0 Å². The lowest BCUT2D eigenvalue weighted by Crippen LogP contribution is -2.37. The third-order valence-electron chi connectivity index (χ3n) is 7.23. The molecule has 0 unspecified atom stereocenters. The van der Waals surface area contributed by atoms with Gasteiger partial charge in [-0.1, -0.05) is 74.6 Å². The number of rotatable bonds is 4. The Balaban J connectivity index is 1.67. The number of halogens is 3. The molecule has 194 valence electrons. The third-order valence-corrected chi connectivity index (χ3v) is 7.98. The minimum Gasteiger partial charge on any atom is -0.487 e. The fourth-order valence-corrected chi connectivity index (χ4v) is 6.36. The quantitative estimate of drug-likeness (QED) is 0.376. The molecule has 1 aliphatic heterocycles. The number of hydrogen-bond acceptors (Lipinski definition) is 4. The molecule has 0 bridgehead atoms. The van der Waals surface area contributed by atoms with Gasteiger partial charge in [-0.2, -0.15) is 0 Å². The first-order chi connectivity index (χ1) is 17.3. The second kappa shape index (κ2) is 9.48. The highest BCUT2D eigenvalue weighted by Gasteiger charge is 2.48. The Bertz CT molecular complexity index is 1310. The van der Waals surface area contributed by atoms with Crippen LogP contribution in [0.4, 0.5) is 0 Å². The molecule has 7 heteroatoms. The van der Waals surface area contributed by atoms with Crippen LogP contribution in [0.25, 0.3) is 0 Å². The van der Waals surface area contributed by atoms with Gasteiger partial charge in [-0.25, -0.2) is 0 Å². The number of carbonyl (C=O) groups is 2. The SMILES string of the molecule is CC1(C)CC(=O)C2=C(C1)OC1=C(C(=O)CC(C)(C)C1)C2c1cc(Cl)cc(Cl)c1OCc1ccc(Cl)cc1. The summed E-state index contributed by atoms with van der Waals surface area (Å²) in [5, 5.41) is 1.36. The molecule has 0 amide bonds. The minimum atomic E-state index is -0.651. The summed E-state index contributed by atoms with van der Waals surface area (Å²) in [5.41, 5.74) is 2.05. The van der Waals surface area contributed by atoms with E-state index in [0.29, 0.717) is 74.7 Å². The Kier molecular flexibility index (Phi) is 6.75. The lowest BCUT2D eigenvalue weighted by molar-refractivity contribution is -0.120. The van der Waals surface area contributed by atoms with Crippen molar-refractivity contribution in [2.45, 2.75) is 65.9 Å². The lowest BCUT2D eigenvalue weighted by atomic mass is 9.65. The fraction of sp³-hybridized carbons (Fsp3) is 0.400. The van der Waals surface area contributed by atoms with Gasteiger partial charge in [0.05, 0.1) is 10.9 Å². The van der Waals surface area contributed by atoms with Crippen LogP contribution in [-0.4, -0.2) is 11.6 Å². The number of carbonyl (C=O) groups excluding carboxylic acids is 2. The Hall–Kier alpha value is -2.27. The maximum atomic E-state index is 13.6. The van der Waals surface area contributed by atoms with Crippen LogP contribution in [-0.2, 0) is 20.9 Å². The predicted molar refractivity (Wildman–Crippen MR) is 146 cm³/mol. The second-order valence-corrected chi connectivity index (χ2v) is 13.1. The normalized spacial score (nSPS) is 20.9. The van der Waals surface area contributed by atoms with Crippen molar-refractivity contribution in [3.05, 3.63) is 85.3 Å². The van der Waals surface area contributed by atoms with Gasteiger partial charge in [0.15, 0.2) is 11.6 Å². The number of Topliss-reactive ketones (excluding diaryl/α,β-unsaturated/α-hetero) is 2. The molecule has 2 aromatic carbocycles. The molecule has 0 N–H and O–H groups in total. The van der Waals surface area contributed by atoms with Gasteiger partial charge in [0.2, 0.25) is 0 Å². The van der Waals surface area contributed by atoms with E-state index in [9.17, 15) is 9.59 Å². The van der Waals surface area contributed by atoms with E-state index in [4.69, 9.17) is 44.3 Å². The summed E-state index contributed by atoms with van der Waals surface area (Å²) < 4.78 is 12.7. The van der Waals surface area contributed by atoms with E-state index in [2.05, 4.69) is 27.7 Å².